The molecule has 1 aromatic carbocycles. The first kappa shape index (κ1) is 17.9. The van der Waals surface area contributed by atoms with E-state index in [1.165, 1.54) is 0 Å². The molecule has 0 spiro atoms. The maximum Gasteiger partial charge on any atom is 0.255 e. The highest BCUT2D eigenvalue weighted by molar-refractivity contribution is 6.30. The van der Waals surface area contributed by atoms with Crippen molar-refractivity contribution in [3.8, 4) is 5.69 Å². The van der Waals surface area contributed by atoms with Gasteiger partial charge in [0.15, 0.2) is 0 Å². The lowest BCUT2D eigenvalue weighted by molar-refractivity contribution is -0.128. The molecule has 1 aliphatic heterocycles. The van der Waals surface area contributed by atoms with Crippen LogP contribution in [0, 0.1) is 0 Å². The number of aromatic nitrogens is 2. The van der Waals surface area contributed by atoms with Crippen molar-refractivity contribution in [2.45, 2.75) is 32.3 Å². The zero-order valence-electron chi connectivity index (χ0n) is 14.7. The molecule has 1 atom stereocenters. The second-order valence-corrected chi connectivity index (χ2v) is 7.55. The molecule has 25 heavy (non-hydrogen) atoms. The van der Waals surface area contributed by atoms with Gasteiger partial charge in [-0.25, -0.2) is 4.68 Å². The summed E-state index contributed by atoms with van der Waals surface area (Å²) in [5, 5.41) is 11.4. The zero-order chi connectivity index (χ0) is 18.0. The second kappa shape index (κ2) is 7.15. The average molecular weight is 363 g/mol. The summed E-state index contributed by atoms with van der Waals surface area (Å²) in [6.45, 7) is 8.03. The van der Waals surface area contributed by atoms with Gasteiger partial charge in [0, 0.05) is 29.6 Å². The smallest absolute Gasteiger partial charge is 0.255 e. The van der Waals surface area contributed by atoms with Crippen LogP contribution in [0.15, 0.2) is 30.3 Å². The number of anilines is 1. The van der Waals surface area contributed by atoms with Crippen LogP contribution in [0.1, 0.15) is 26.5 Å². The van der Waals surface area contributed by atoms with Crippen LogP contribution >= 0.6 is 11.6 Å². The molecule has 0 aliphatic carbocycles. The van der Waals surface area contributed by atoms with Gasteiger partial charge in [-0.3, -0.25) is 4.79 Å². The molecule has 0 saturated carbocycles. The summed E-state index contributed by atoms with van der Waals surface area (Å²) < 4.78 is 7.23. The van der Waals surface area contributed by atoms with Crippen molar-refractivity contribution in [3.05, 3.63) is 41.0 Å². The van der Waals surface area contributed by atoms with E-state index in [1.54, 1.807) is 10.7 Å². The van der Waals surface area contributed by atoms with E-state index in [0.29, 0.717) is 24.0 Å². The standard InChI is InChI=1S/C18H23ClN4O2/c1-18(2,3)15-10-16(21-17(24)14-11-20-7-8-25-14)23(22-15)13-6-4-5-12(19)9-13/h4-6,9-10,14,20H,7-8,11H2,1-3H3,(H,21,24)/t14-/m1/s1. The predicted octanol–water partition coefficient (Wildman–Crippen LogP) is 2.75. The van der Waals surface area contributed by atoms with Crippen LogP contribution in [-0.2, 0) is 14.9 Å². The number of hydrogen-bond donors (Lipinski definition) is 2. The fourth-order valence-corrected chi connectivity index (χ4v) is 2.77. The first-order valence-electron chi connectivity index (χ1n) is 8.34. The number of benzene rings is 1. The molecule has 0 radical (unpaired) electrons. The maximum atomic E-state index is 12.5. The summed E-state index contributed by atoms with van der Waals surface area (Å²) in [4.78, 5) is 12.5. The van der Waals surface area contributed by atoms with E-state index in [4.69, 9.17) is 16.3 Å². The molecule has 1 saturated heterocycles. The number of rotatable bonds is 3. The van der Waals surface area contributed by atoms with Crippen LogP contribution in [-0.4, -0.2) is 41.5 Å². The molecule has 2 N–H and O–H groups in total. The minimum absolute atomic E-state index is 0.147. The van der Waals surface area contributed by atoms with Crippen molar-refractivity contribution in [1.82, 2.24) is 15.1 Å². The number of nitrogens with zero attached hydrogens (tertiary/aromatic N) is 2. The van der Waals surface area contributed by atoms with Crippen molar-refractivity contribution in [2.75, 3.05) is 25.0 Å². The molecule has 1 fully saturated rings. The van der Waals surface area contributed by atoms with Crippen molar-refractivity contribution < 1.29 is 9.53 Å². The largest absolute Gasteiger partial charge is 0.366 e. The third-order valence-electron chi connectivity index (χ3n) is 4.00. The topological polar surface area (TPSA) is 68.2 Å². The highest BCUT2D eigenvalue weighted by atomic mass is 35.5. The fraction of sp³-hybridized carbons (Fsp3) is 0.444. The normalized spacial score (nSPS) is 18.2. The molecule has 0 unspecified atom stereocenters. The van der Waals surface area contributed by atoms with Crippen LogP contribution in [0.25, 0.3) is 5.69 Å². The van der Waals surface area contributed by atoms with Crippen LogP contribution in [0.4, 0.5) is 5.82 Å². The molecule has 134 valence electrons. The molecule has 6 nitrogen and oxygen atoms in total. The molecule has 1 amide bonds. The number of carbonyl (C=O) groups excluding carboxylic acids is 1. The van der Waals surface area contributed by atoms with Crippen LogP contribution in [0.2, 0.25) is 5.02 Å². The third-order valence-corrected chi connectivity index (χ3v) is 4.24. The minimum atomic E-state index is -0.505. The number of ether oxygens (including phenoxy) is 1. The van der Waals surface area contributed by atoms with Gasteiger partial charge in [-0.05, 0) is 18.2 Å². The molecule has 0 bridgehead atoms. The first-order chi connectivity index (χ1) is 11.8. The fourth-order valence-electron chi connectivity index (χ4n) is 2.58. The highest BCUT2D eigenvalue weighted by Gasteiger charge is 2.25. The number of amides is 1. The number of halogens is 1. The third kappa shape index (κ3) is 4.21. The quantitative estimate of drug-likeness (QED) is 0.881. The maximum absolute atomic E-state index is 12.5. The highest BCUT2D eigenvalue weighted by Crippen LogP contribution is 2.27. The summed E-state index contributed by atoms with van der Waals surface area (Å²) in [5.41, 5.74) is 1.53. The first-order valence-corrected chi connectivity index (χ1v) is 8.72. The number of carbonyl (C=O) groups is 1. The summed E-state index contributed by atoms with van der Waals surface area (Å²) in [7, 11) is 0. The Morgan fingerprint density at radius 3 is 2.84 bits per heavy atom. The minimum Gasteiger partial charge on any atom is -0.366 e. The van der Waals surface area contributed by atoms with E-state index in [2.05, 4.69) is 36.5 Å². The van der Waals surface area contributed by atoms with Gasteiger partial charge in [-0.1, -0.05) is 38.4 Å². The molecular weight excluding hydrogens is 340 g/mol. The Morgan fingerprint density at radius 2 is 2.20 bits per heavy atom. The summed E-state index contributed by atoms with van der Waals surface area (Å²) in [5.74, 6) is 0.419. The molecule has 3 rings (SSSR count). The van der Waals surface area contributed by atoms with Gasteiger partial charge >= 0.3 is 0 Å². The molecule has 2 aromatic rings. The Morgan fingerprint density at radius 1 is 1.40 bits per heavy atom. The second-order valence-electron chi connectivity index (χ2n) is 7.11. The van der Waals surface area contributed by atoms with E-state index in [9.17, 15) is 4.79 Å². The van der Waals surface area contributed by atoms with E-state index in [1.807, 2.05) is 24.3 Å². The van der Waals surface area contributed by atoms with Gasteiger partial charge in [-0.15, -0.1) is 0 Å². The van der Waals surface area contributed by atoms with E-state index < -0.39 is 6.10 Å². The Balaban J connectivity index is 1.93. The SMILES string of the molecule is CC(C)(C)c1cc(NC(=O)[C@H]2CNCCO2)n(-c2cccc(Cl)c2)n1. The summed E-state index contributed by atoms with van der Waals surface area (Å²) >= 11 is 6.11. The van der Waals surface area contributed by atoms with Gasteiger partial charge < -0.3 is 15.4 Å². The molecule has 1 aliphatic rings. The Bertz CT molecular complexity index is 761. The van der Waals surface area contributed by atoms with Crippen LogP contribution < -0.4 is 10.6 Å². The lowest BCUT2D eigenvalue weighted by Crippen LogP contribution is -2.45. The van der Waals surface area contributed by atoms with Gasteiger partial charge in [0.25, 0.3) is 5.91 Å². The van der Waals surface area contributed by atoms with E-state index >= 15 is 0 Å². The molecular formula is C18H23ClN4O2. The number of nitrogens with one attached hydrogen (secondary N) is 2. The number of hydrogen-bond acceptors (Lipinski definition) is 4. The predicted molar refractivity (Wildman–Crippen MR) is 98.5 cm³/mol. The molecule has 7 heteroatoms. The van der Waals surface area contributed by atoms with Crippen molar-refractivity contribution in [3.63, 3.8) is 0 Å². The van der Waals surface area contributed by atoms with Crippen molar-refractivity contribution in [2.24, 2.45) is 0 Å². The van der Waals surface area contributed by atoms with Crippen molar-refractivity contribution in [1.29, 1.82) is 0 Å². The summed E-state index contributed by atoms with van der Waals surface area (Å²) in [6.07, 6.45) is -0.505. The molecule has 2 heterocycles. The van der Waals surface area contributed by atoms with Gasteiger partial charge in [0.2, 0.25) is 0 Å². The van der Waals surface area contributed by atoms with Crippen LogP contribution in [0.5, 0.6) is 0 Å². The summed E-state index contributed by atoms with van der Waals surface area (Å²) in [6, 6.07) is 9.28. The van der Waals surface area contributed by atoms with Crippen LogP contribution in [0.3, 0.4) is 0 Å². The zero-order valence-corrected chi connectivity index (χ0v) is 15.4. The van der Waals surface area contributed by atoms with Gasteiger partial charge in [0.05, 0.1) is 18.0 Å². The Kier molecular flexibility index (Phi) is 5.13. The van der Waals surface area contributed by atoms with E-state index in [-0.39, 0.29) is 11.3 Å². The Labute approximate surface area is 152 Å². The lowest BCUT2D eigenvalue weighted by Gasteiger charge is -2.22. The monoisotopic (exact) mass is 362 g/mol. The molecule has 1 aromatic heterocycles. The lowest BCUT2D eigenvalue weighted by atomic mass is 9.92. The van der Waals surface area contributed by atoms with Crippen molar-refractivity contribution >= 4 is 23.3 Å². The average Bonchev–Trinajstić information content (AvgIpc) is 3.00. The van der Waals surface area contributed by atoms with Gasteiger partial charge in [0.1, 0.15) is 11.9 Å². The Hall–Kier alpha value is -1.89. The van der Waals surface area contributed by atoms with E-state index in [0.717, 1.165) is 17.9 Å². The van der Waals surface area contributed by atoms with Gasteiger partial charge in [-0.2, -0.15) is 5.10 Å². The number of morpholine rings is 1.